The molecule has 1 aliphatic heterocycles. The zero-order valence-corrected chi connectivity index (χ0v) is 11.3. The van der Waals surface area contributed by atoms with Gasteiger partial charge < -0.3 is 20.1 Å². The van der Waals surface area contributed by atoms with Gasteiger partial charge in [-0.25, -0.2) is 0 Å². The Hall–Kier alpha value is -0.650. The molecule has 1 heterocycles. The minimum Gasteiger partial charge on any atom is -0.382 e. The summed E-state index contributed by atoms with van der Waals surface area (Å²) >= 11 is 0. The van der Waals surface area contributed by atoms with Crippen LogP contribution in [0, 0.1) is 11.8 Å². The summed E-state index contributed by atoms with van der Waals surface area (Å²) in [5.41, 5.74) is 0. The second kappa shape index (κ2) is 6.50. The number of nitrogens with one attached hydrogen (secondary N) is 2. The monoisotopic (exact) mass is 256 g/mol. The number of ether oxygens (including phenoxy) is 2. The topological polar surface area (TPSA) is 59.6 Å². The van der Waals surface area contributed by atoms with Gasteiger partial charge in [0.05, 0.1) is 18.8 Å². The van der Waals surface area contributed by atoms with Crippen LogP contribution in [0.15, 0.2) is 0 Å². The zero-order chi connectivity index (χ0) is 13.0. The standard InChI is InChI=1S/C13H24N2O3/c1-17-8-10(18-2)7-15-13(16)12-11-5-3-4-9(11)6-14-12/h9-12,14H,3-8H2,1-2H3,(H,15,16). The highest BCUT2D eigenvalue weighted by atomic mass is 16.5. The molecule has 5 heteroatoms. The van der Waals surface area contributed by atoms with Crippen LogP contribution in [0.5, 0.6) is 0 Å². The predicted molar refractivity (Wildman–Crippen MR) is 68.3 cm³/mol. The Labute approximate surface area is 109 Å². The van der Waals surface area contributed by atoms with E-state index in [0.29, 0.717) is 25.0 Å². The molecule has 1 amide bonds. The van der Waals surface area contributed by atoms with Crippen molar-refractivity contribution in [2.45, 2.75) is 31.4 Å². The lowest BCUT2D eigenvalue weighted by Crippen LogP contribution is -2.46. The van der Waals surface area contributed by atoms with Gasteiger partial charge in [-0.1, -0.05) is 6.42 Å². The van der Waals surface area contributed by atoms with Crippen LogP contribution in [0.2, 0.25) is 0 Å². The average Bonchev–Trinajstić information content (AvgIpc) is 2.96. The Kier molecular flexibility index (Phi) is 4.97. The van der Waals surface area contributed by atoms with Gasteiger partial charge in [0.25, 0.3) is 0 Å². The third-order valence-corrected chi connectivity index (χ3v) is 4.22. The molecule has 2 rings (SSSR count). The highest BCUT2D eigenvalue weighted by Gasteiger charge is 2.42. The van der Waals surface area contributed by atoms with Crippen LogP contribution in [0.1, 0.15) is 19.3 Å². The van der Waals surface area contributed by atoms with Crippen molar-refractivity contribution in [2.75, 3.05) is 33.9 Å². The van der Waals surface area contributed by atoms with Crippen LogP contribution in [0.25, 0.3) is 0 Å². The second-order valence-corrected chi connectivity index (χ2v) is 5.30. The maximum atomic E-state index is 12.1. The number of fused-ring (bicyclic) bond motifs is 1. The van der Waals surface area contributed by atoms with Crippen molar-refractivity contribution in [1.82, 2.24) is 10.6 Å². The fourth-order valence-corrected chi connectivity index (χ4v) is 3.20. The van der Waals surface area contributed by atoms with E-state index in [1.807, 2.05) is 0 Å². The lowest BCUT2D eigenvalue weighted by Gasteiger charge is -2.20. The summed E-state index contributed by atoms with van der Waals surface area (Å²) in [7, 11) is 3.27. The molecule has 5 nitrogen and oxygen atoms in total. The lowest BCUT2D eigenvalue weighted by molar-refractivity contribution is -0.124. The Morgan fingerprint density at radius 2 is 2.28 bits per heavy atom. The molecule has 0 bridgehead atoms. The highest BCUT2D eigenvalue weighted by Crippen LogP contribution is 2.37. The summed E-state index contributed by atoms with van der Waals surface area (Å²) in [6, 6.07) is -0.00227. The molecule has 18 heavy (non-hydrogen) atoms. The largest absolute Gasteiger partial charge is 0.382 e. The third-order valence-electron chi connectivity index (χ3n) is 4.22. The van der Waals surface area contributed by atoms with Crippen LogP contribution < -0.4 is 10.6 Å². The van der Waals surface area contributed by atoms with Crippen molar-refractivity contribution in [1.29, 1.82) is 0 Å². The van der Waals surface area contributed by atoms with Gasteiger partial charge in [0, 0.05) is 20.8 Å². The highest BCUT2D eigenvalue weighted by molar-refractivity contribution is 5.82. The number of hydrogen-bond acceptors (Lipinski definition) is 4. The maximum absolute atomic E-state index is 12.1. The summed E-state index contributed by atoms with van der Waals surface area (Å²) in [4.78, 5) is 12.1. The lowest BCUT2D eigenvalue weighted by atomic mass is 9.93. The Morgan fingerprint density at radius 1 is 1.44 bits per heavy atom. The number of hydrogen-bond donors (Lipinski definition) is 2. The molecule has 2 aliphatic rings. The van der Waals surface area contributed by atoms with E-state index < -0.39 is 0 Å². The van der Waals surface area contributed by atoms with Crippen LogP contribution in [-0.2, 0) is 14.3 Å². The molecule has 1 saturated carbocycles. The average molecular weight is 256 g/mol. The van der Waals surface area contributed by atoms with E-state index in [1.165, 1.54) is 19.3 Å². The molecule has 0 radical (unpaired) electrons. The molecule has 0 aromatic heterocycles. The van der Waals surface area contributed by atoms with Gasteiger partial charge >= 0.3 is 0 Å². The minimum atomic E-state index is -0.0697. The molecule has 4 atom stereocenters. The van der Waals surface area contributed by atoms with Gasteiger partial charge in [-0.3, -0.25) is 4.79 Å². The van der Waals surface area contributed by atoms with Crippen molar-refractivity contribution in [3.05, 3.63) is 0 Å². The van der Waals surface area contributed by atoms with Gasteiger partial charge in [0.2, 0.25) is 5.91 Å². The Bertz CT molecular complexity index is 285. The summed E-state index contributed by atoms with van der Waals surface area (Å²) in [6.45, 7) is 2.01. The van der Waals surface area contributed by atoms with Crippen molar-refractivity contribution in [3.8, 4) is 0 Å². The minimum absolute atomic E-state index is 0.00227. The van der Waals surface area contributed by atoms with E-state index in [4.69, 9.17) is 9.47 Å². The number of methoxy groups -OCH3 is 2. The van der Waals surface area contributed by atoms with Crippen LogP contribution in [0.3, 0.4) is 0 Å². The smallest absolute Gasteiger partial charge is 0.237 e. The van der Waals surface area contributed by atoms with Gasteiger partial charge in [-0.15, -0.1) is 0 Å². The maximum Gasteiger partial charge on any atom is 0.237 e. The van der Waals surface area contributed by atoms with E-state index in [2.05, 4.69) is 10.6 Å². The summed E-state index contributed by atoms with van der Waals surface area (Å²) < 4.78 is 10.3. The van der Waals surface area contributed by atoms with E-state index in [-0.39, 0.29) is 18.1 Å². The molecule has 2 N–H and O–H groups in total. The van der Waals surface area contributed by atoms with Crippen molar-refractivity contribution in [2.24, 2.45) is 11.8 Å². The van der Waals surface area contributed by atoms with Crippen molar-refractivity contribution >= 4 is 5.91 Å². The SMILES string of the molecule is COCC(CNC(=O)C1NCC2CCCC21)OC. The molecule has 0 aromatic carbocycles. The first-order chi connectivity index (χ1) is 8.76. The summed E-state index contributed by atoms with van der Waals surface area (Å²) in [6.07, 6.45) is 3.65. The molecule has 2 fully saturated rings. The molecular weight excluding hydrogens is 232 g/mol. The molecule has 0 spiro atoms. The van der Waals surface area contributed by atoms with E-state index in [9.17, 15) is 4.79 Å². The van der Waals surface area contributed by atoms with Crippen molar-refractivity contribution in [3.63, 3.8) is 0 Å². The molecule has 0 aromatic rings. The molecular formula is C13H24N2O3. The molecule has 1 aliphatic carbocycles. The van der Waals surface area contributed by atoms with Gasteiger partial charge in [-0.05, 0) is 31.2 Å². The fraction of sp³-hybridized carbons (Fsp3) is 0.923. The predicted octanol–water partition coefficient (Wildman–Crippen LogP) is 0.152. The van der Waals surface area contributed by atoms with E-state index in [0.717, 1.165) is 6.54 Å². The van der Waals surface area contributed by atoms with E-state index in [1.54, 1.807) is 14.2 Å². The van der Waals surface area contributed by atoms with Gasteiger partial charge in [0.15, 0.2) is 0 Å². The number of carbonyl (C=O) groups excluding carboxylic acids is 1. The summed E-state index contributed by atoms with van der Waals surface area (Å²) in [5, 5.41) is 6.31. The van der Waals surface area contributed by atoms with Crippen LogP contribution >= 0.6 is 0 Å². The number of rotatable bonds is 6. The van der Waals surface area contributed by atoms with Gasteiger partial charge in [-0.2, -0.15) is 0 Å². The fourth-order valence-electron chi connectivity index (χ4n) is 3.20. The zero-order valence-electron chi connectivity index (χ0n) is 11.3. The van der Waals surface area contributed by atoms with E-state index >= 15 is 0 Å². The first-order valence-corrected chi connectivity index (χ1v) is 6.79. The second-order valence-electron chi connectivity index (χ2n) is 5.30. The molecule has 104 valence electrons. The van der Waals surface area contributed by atoms with Gasteiger partial charge in [0.1, 0.15) is 0 Å². The van der Waals surface area contributed by atoms with Crippen molar-refractivity contribution < 1.29 is 14.3 Å². The quantitative estimate of drug-likeness (QED) is 0.710. The van der Waals surface area contributed by atoms with Crippen LogP contribution in [0.4, 0.5) is 0 Å². The molecule has 4 unspecified atom stereocenters. The Morgan fingerprint density at radius 3 is 3.00 bits per heavy atom. The molecule has 1 saturated heterocycles. The Balaban J connectivity index is 1.77. The summed E-state index contributed by atoms with van der Waals surface area (Å²) in [5.74, 6) is 1.36. The van der Waals surface area contributed by atoms with Crippen LogP contribution in [-0.4, -0.2) is 52.0 Å². The first-order valence-electron chi connectivity index (χ1n) is 6.79. The first kappa shape index (κ1) is 13.8. The number of amides is 1. The third kappa shape index (κ3) is 3.02. The number of carbonyl (C=O) groups is 1. The normalized spacial score (nSPS) is 32.2.